The quantitative estimate of drug-likeness (QED) is 0.810. The standard InChI is InChI=1S/C12H12FNO4/c1-17-7-3-4-8-9(5-7)14-10(11(15)18-2)6-12(8,13)16/h3-5,16H,6H2,1-2H3. The lowest BCUT2D eigenvalue weighted by molar-refractivity contribution is -0.134. The molecule has 1 aliphatic heterocycles. The molecule has 5 nitrogen and oxygen atoms in total. The Kier molecular flexibility index (Phi) is 3.04. The molecule has 0 amide bonds. The Balaban J connectivity index is 2.54. The van der Waals surface area contributed by atoms with Gasteiger partial charge in [0.05, 0.1) is 26.3 Å². The molecule has 2 rings (SSSR count). The number of fused-ring (bicyclic) bond motifs is 1. The van der Waals surface area contributed by atoms with E-state index in [1.54, 1.807) is 0 Å². The third-order valence-electron chi connectivity index (χ3n) is 2.70. The smallest absolute Gasteiger partial charge is 0.352 e. The van der Waals surface area contributed by atoms with Crippen LogP contribution in [0.15, 0.2) is 23.2 Å². The first-order valence-corrected chi connectivity index (χ1v) is 5.23. The number of aliphatic imine (C=N–C) groups is 1. The minimum atomic E-state index is -2.63. The molecular formula is C12H12FNO4. The summed E-state index contributed by atoms with van der Waals surface area (Å²) in [6, 6.07) is 4.34. The van der Waals surface area contributed by atoms with Crippen molar-refractivity contribution < 1.29 is 23.8 Å². The highest BCUT2D eigenvalue weighted by Gasteiger charge is 2.39. The lowest BCUT2D eigenvalue weighted by Gasteiger charge is -2.25. The average molecular weight is 253 g/mol. The summed E-state index contributed by atoms with van der Waals surface area (Å²) in [5, 5.41) is 9.71. The maximum Gasteiger partial charge on any atom is 0.352 e. The van der Waals surface area contributed by atoms with Gasteiger partial charge in [0, 0.05) is 11.6 Å². The van der Waals surface area contributed by atoms with Gasteiger partial charge >= 0.3 is 5.97 Å². The molecule has 0 saturated heterocycles. The highest BCUT2D eigenvalue weighted by atomic mass is 19.2. The van der Waals surface area contributed by atoms with Crippen LogP contribution in [0, 0.1) is 0 Å². The molecule has 1 heterocycles. The number of alkyl halides is 1. The minimum Gasteiger partial charge on any atom is -0.497 e. The number of carbonyl (C=O) groups is 1. The molecule has 1 aliphatic rings. The molecule has 1 unspecified atom stereocenters. The van der Waals surface area contributed by atoms with Gasteiger partial charge in [-0.15, -0.1) is 0 Å². The van der Waals surface area contributed by atoms with Gasteiger partial charge in [-0.25, -0.2) is 14.2 Å². The Labute approximate surface area is 103 Å². The zero-order chi connectivity index (χ0) is 13.3. The highest BCUT2D eigenvalue weighted by molar-refractivity contribution is 6.37. The predicted octanol–water partition coefficient (Wildman–Crippen LogP) is 1.46. The zero-order valence-corrected chi connectivity index (χ0v) is 9.94. The molecule has 6 heteroatoms. The molecule has 0 radical (unpaired) electrons. The van der Waals surface area contributed by atoms with Crippen molar-refractivity contribution in [3.8, 4) is 5.75 Å². The maximum atomic E-state index is 14.1. The van der Waals surface area contributed by atoms with E-state index < -0.39 is 18.2 Å². The monoisotopic (exact) mass is 253 g/mol. The number of aliphatic hydroxyl groups is 1. The van der Waals surface area contributed by atoms with Crippen LogP contribution in [0.4, 0.5) is 10.1 Å². The summed E-state index contributed by atoms with van der Waals surface area (Å²) >= 11 is 0. The van der Waals surface area contributed by atoms with Gasteiger partial charge in [0.1, 0.15) is 11.5 Å². The number of carbonyl (C=O) groups excluding carboxylic acids is 1. The van der Waals surface area contributed by atoms with Crippen molar-refractivity contribution in [2.75, 3.05) is 14.2 Å². The van der Waals surface area contributed by atoms with Crippen LogP contribution >= 0.6 is 0 Å². The van der Waals surface area contributed by atoms with Crippen molar-refractivity contribution in [1.29, 1.82) is 0 Å². The second-order valence-electron chi connectivity index (χ2n) is 3.87. The molecular weight excluding hydrogens is 241 g/mol. The third-order valence-corrected chi connectivity index (χ3v) is 2.70. The molecule has 18 heavy (non-hydrogen) atoms. The van der Waals surface area contributed by atoms with Crippen molar-refractivity contribution >= 4 is 17.4 Å². The summed E-state index contributed by atoms with van der Waals surface area (Å²) in [4.78, 5) is 15.3. The third kappa shape index (κ3) is 2.06. The van der Waals surface area contributed by atoms with Crippen molar-refractivity contribution in [1.82, 2.24) is 0 Å². The fourth-order valence-electron chi connectivity index (χ4n) is 1.79. The number of halogens is 1. The molecule has 0 saturated carbocycles. The number of hydrogen-bond donors (Lipinski definition) is 1. The first-order valence-electron chi connectivity index (χ1n) is 5.23. The number of ether oxygens (including phenoxy) is 2. The van der Waals surface area contributed by atoms with Crippen LogP contribution in [0.1, 0.15) is 12.0 Å². The summed E-state index contributed by atoms with van der Waals surface area (Å²) in [5.41, 5.74) is 0.00482. The highest BCUT2D eigenvalue weighted by Crippen LogP contribution is 2.40. The Morgan fingerprint density at radius 2 is 2.22 bits per heavy atom. The average Bonchev–Trinajstić information content (AvgIpc) is 2.36. The lowest BCUT2D eigenvalue weighted by atomic mass is 9.96. The molecule has 0 aliphatic carbocycles. The summed E-state index contributed by atoms with van der Waals surface area (Å²) in [6.45, 7) is 0. The topological polar surface area (TPSA) is 68.1 Å². The summed E-state index contributed by atoms with van der Waals surface area (Å²) in [7, 11) is 2.63. The summed E-state index contributed by atoms with van der Waals surface area (Å²) < 4.78 is 23.5. The van der Waals surface area contributed by atoms with Gasteiger partial charge in [0.15, 0.2) is 0 Å². The normalized spacial score (nSPS) is 21.9. The number of methoxy groups -OCH3 is 2. The van der Waals surface area contributed by atoms with Gasteiger partial charge in [-0.2, -0.15) is 0 Å². The number of rotatable bonds is 2. The number of esters is 1. The van der Waals surface area contributed by atoms with E-state index in [2.05, 4.69) is 9.73 Å². The first kappa shape index (κ1) is 12.5. The minimum absolute atomic E-state index is 0.0101. The van der Waals surface area contributed by atoms with Crippen molar-refractivity contribution in [2.24, 2.45) is 4.99 Å². The van der Waals surface area contributed by atoms with Crippen LogP contribution in [-0.2, 0) is 15.4 Å². The molecule has 0 spiro atoms. The van der Waals surface area contributed by atoms with Gasteiger partial charge in [0.25, 0.3) is 0 Å². The van der Waals surface area contributed by atoms with Gasteiger partial charge in [-0.05, 0) is 12.1 Å². The van der Waals surface area contributed by atoms with Gasteiger partial charge < -0.3 is 14.6 Å². The Hall–Kier alpha value is -1.95. The van der Waals surface area contributed by atoms with Gasteiger partial charge in [-0.3, -0.25) is 0 Å². The number of nitrogens with zero attached hydrogens (tertiary/aromatic N) is 1. The van der Waals surface area contributed by atoms with Crippen LogP contribution in [-0.4, -0.2) is 31.0 Å². The SMILES string of the molecule is COC(=O)C1=Nc2cc(OC)ccc2C(O)(F)C1. The predicted molar refractivity (Wildman–Crippen MR) is 61.7 cm³/mol. The van der Waals surface area contributed by atoms with Gasteiger partial charge in [-0.1, -0.05) is 0 Å². The zero-order valence-electron chi connectivity index (χ0n) is 9.94. The second-order valence-corrected chi connectivity index (χ2v) is 3.87. The van der Waals surface area contributed by atoms with Crippen molar-refractivity contribution in [3.63, 3.8) is 0 Å². The Morgan fingerprint density at radius 3 is 2.83 bits per heavy atom. The van der Waals surface area contributed by atoms with Crippen LogP contribution in [0.2, 0.25) is 0 Å². The number of hydrogen-bond acceptors (Lipinski definition) is 5. The van der Waals surface area contributed by atoms with Crippen LogP contribution in [0.25, 0.3) is 0 Å². The van der Waals surface area contributed by atoms with Gasteiger partial charge in [0.2, 0.25) is 5.85 Å². The molecule has 0 aromatic heterocycles. The summed E-state index contributed by atoms with van der Waals surface area (Å²) in [5.74, 6) is -2.94. The van der Waals surface area contributed by atoms with E-state index in [0.29, 0.717) is 5.75 Å². The van der Waals surface area contributed by atoms with Crippen molar-refractivity contribution in [3.05, 3.63) is 23.8 Å². The molecule has 1 aromatic carbocycles. The molecule has 0 bridgehead atoms. The van der Waals surface area contributed by atoms with Crippen LogP contribution in [0.5, 0.6) is 5.75 Å². The molecule has 96 valence electrons. The Morgan fingerprint density at radius 1 is 1.50 bits per heavy atom. The summed E-state index contributed by atoms with van der Waals surface area (Å²) in [6.07, 6.45) is -0.529. The molecule has 1 atom stereocenters. The first-order chi connectivity index (χ1) is 8.47. The molecule has 0 fully saturated rings. The Bertz CT molecular complexity index is 525. The van der Waals surface area contributed by atoms with E-state index in [4.69, 9.17) is 4.74 Å². The second kappa shape index (κ2) is 4.38. The van der Waals surface area contributed by atoms with E-state index in [1.165, 1.54) is 32.4 Å². The number of benzene rings is 1. The van der Waals surface area contributed by atoms with E-state index in [-0.39, 0.29) is 17.0 Å². The van der Waals surface area contributed by atoms with E-state index in [0.717, 1.165) is 0 Å². The van der Waals surface area contributed by atoms with Crippen LogP contribution in [0.3, 0.4) is 0 Å². The fourth-order valence-corrected chi connectivity index (χ4v) is 1.79. The molecule has 1 aromatic rings. The van der Waals surface area contributed by atoms with Crippen LogP contribution < -0.4 is 4.74 Å². The fraction of sp³-hybridized carbons (Fsp3) is 0.333. The molecule has 1 N–H and O–H groups in total. The van der Waals surface area contributed by atoms with Crippen molar-refractivity contribution in [2.45, 2.75) is 12.3 Å². The maximum absolute atomic E-state index is 14.1. The van der Waals surface area contributed by atoms with E-state index in [9.17, 15) is 14.3 Å². The lowest BCUT2D eigenvalue weighted by Crippen LogP contribution is -2.31. The van der Waals surface area contributed by atoms with E-state index in [1.807, 2.05) is 0 Å². The van der Waals surface area contributed by atoms with E-state index >= 15 is 0 Å². The largest absolute Gasteiger partial charge is 0.497 e.